The summed E-state index contributed by atoms with van der Waals surface area (Å²) in [7, 11) is -3.70. The summed E-state index contributed by atoms with van der Waals surface area (Å²) in [4.78, 5) is 0.0728. The summed E-state index contributed by atoms with van der Waals surface area (Å²) in [6, 6.07) is 3.38. The molecule has 0 fully saturated rings. The minimum Gasteiger partial charge on any atom is -0.392 e. The van der Waals surface area contributed by atoms with Crippen LogP contribution in [-0.4, -0.2) is 19.4 Å². The number of rotatable bonds is 4. The molecule has 0 saturated heterocycles. The minimum absolute atomic E-state index is 0.00926. The van der Waals surface area contributed by atoms with Crippen molar-refractivity contribution in [3.05, 3.63) is 28.2 Å². The summed E-state index contributed by atoms with van der Waals surface area (Å²) in [6.45, 7) is 1.55. The first-order valence-electron chi connectivity index (χ1n) is 4.51. The van der Waals surface area contributed by atoms with Crippen molar-refractivity contribution in [1.82, 2.24) is 4.72 Å². The maximum Gasteiger partial charge on any atom is 0.241 e. The number of sulfonamides is 1. The first-order valence-corrected chi connectivity index (χ1v) is 7.15. The van der Waals surface area contributed by atoms with Gasteiger partial charge in [-0.1, -0.05) is 35.4 Å². The van der Waals surface area contributed by atoms with Gasteiger partial charge in [-0.25, -0.2) is 13.1 Å². The van der Waals surface area contributed by atoms with E-state index in [0.717, 1.165) is 0 Å². The number of hydrogen-bond donors (Lipinski definition) is 2. The second kappa shape index (κ2) is 5.49. The first kappa shape index (κ1) is 14.7. The van der Waals surface area contributed by atoms with Gasteiger partial charge in [0, 0.05) is 0 Å². The fraction of sp³-hybridized carbons (Fsp3) is 0.222. The van der Waals surface area contributed by atoms with Crippen LogP contribution >= 0.6 is 35.4 Å². The van der Waals surface area contributed by atoms with Gasteiger partial charge < -0.3 is 5.73 Å². The molecule has 0 aliphatic heterocycles. The van der Waals surface area contributed by atoms with E-state index in [0.29, 0.717) is 0 Å². The molecule has 0 aromatic heterocycles. The van der Waals surface area contributed by atoms with Gasteiger partial charge in [0.15, 0.2) is 0 Å². The zero-order valence-corrected chi connectivity index (χ0v) is 11.9. The van der Waals surface area contributed by atoms with Crippen molar-refractivity contribution >= 4 is 50.4 Å². The molecule has 0 spiro atoms. The average Bonchev–Trinajstić information content (AvgIpc) is 2.21. The van der Waals surface area contributed by atoms with Crippen LogP contribution in [0.1, 0.15) is 6.92 Å². The molecule has 94 valence electrons. The lowest BCUT2D eigenvalue weighted by Crippen LogP contribution is -2.41. The molecule has 1 aromatic carbocycles. The maximum atomic E-state index is 11.9. The lowest BCUT2D eigenvalue weighted by Gasteiger charge is -2.12. The fourth-order valence-electron chi connectivity index (χ4n) is 1.00. The van der Waals surface area contributed by atoms with Crippen molar-refractivity contribution in [2.75, 3.05) is 0 Å². The molecule has 1 atom stereocenters. The molecule has 0 heterocycles. The Morgan fingerprint density at radius 1 is 1.41 bits per heavy atom. The van der Waals surface area contributed by atoms with Crippen LogP contribution in [-0.2, 0) is 10.0 Å². The Balaban J connectivity index is 3.05. The summed E-state index contributed by atoms with van der Waals surface area (Å²) >= 11 is 16.1. The van der Waals surface area contributed by atoms with Crippen LogP contribution in [0, 0.1) is 0 Å². The van der Waals surface area contributed by atoms with Gasteiger partial charge in [-0.3, -0.25) is 0 Å². The third kappa shape index (κ3) is 3.79. The smallest absolute Gasteiger partial charge is 0.241 e. The summed E-state index contributed by atoms with van der Waals surface area (Å²) in [5.74, 6) is 0. The third-order valence-electron chi connectivity index (χ3n) is 1.96. The Kier molecular flexibility index (Phi) is 4.74. The van der Waals surface area contributed by atoms with Crippen molar-refractivity contribution in [1.29, 1.82) is 0 Å². The van der Waals surface area contributed by atoms with Crippen LogP contribution in [0.2, 0.25) is 10.0 Å². The van der Waals surface area contributed by atoms with Crippen molar-refractivity contribution in [2.45, 2.75) is 17.9 Å². The van der Waals surface area contributed by atoms with E-state index in [9.17, 15) is 8.42 Å². The summed E-state index contributed by atoms with van der Waals surface area (Å²) in [6.07, 6.45) is 0. The Morgan fingerprint density at radius 3 is 2.47 bits per heavy atom. The molecule has 17 heavy (non-hydrogen) atoms. The molecular formula is C9H10Cl2N2O2S2. The van der Waals surface area contributed by atoms with E-state index in [1.54, 1.807) is 6.92 Å². The molecule has 0 aliphatic carbocycles. The maximum absolute atomic E-state index is 11.9. The predicted molar refractivity (Wildman–Crippen MR) is 73.0 cm³/mol. The Bertz CT molecular complexity index is 546. The van der Waals surface area contributed by atoms with E-state index < -0.39 is 16.1 Å². The predicted octanol–water partition coefficient (Wildman–Crippen LogP) is 1.95. The van der Waals surface area contributed by atoms with E-state index in [-0.39, 0.29) is 19.9 Å². The standard InChI is InChI=1S/C9H10Cl2N2O2S2/c1-5(9(12)16)13-17(14,15)6-2-3-7(10)8(11)4-6/h2-5,13H,1H3,(H2,12,16). The van der Waals surface area contributed by atoms with Crippen LogP contribution in [0.3, 0.4) is 0 Å². The van der Waals surface area contributed by atoms with Gasteiger partial charge in [0.05, 0.1) is 26.0 Å². The second-order valence-electron chi connectivity index (χ2n) is 3.32. The summed E-state index contributed by atoms with van der Waals surface area (Å²) in [5, 5.41) is 0.450. The molecule has 0 saturated carbocycles. The van der Waals surface area contributed by atoms with Crippen molar-refractivity contribution < 1.29 is 8.42 Å². The Hall–Kier alpha value is -0.400. The minimum atomic E-state index is -3.70. The van der Waals surface area contributed by atoms with Crippen LogP contribution in [0.25, 0.3) is 0 Å². The number of hydrogen-bond acceptors (Lipinski definition) is 3. The van der Waals surface area contributed by atoms with Crippen LogP contribution < -0.4 is 10.5 Å². The first-order chi connectivity index (χ1) is 7.74. The van der Waals surface area contributed by atoms with Gasteiger partial charge in [0.1, 0.15) is 0 Å². The van der Waals surface area contributed by atoms with E-state index in [2.05, 4.69) is 16.9 Å². The second-order valence-corrected chi connectivity index (χ2v) is 6.32. The quantitative estimate of drug-likeness (QED) is 0.833. The molecule has 8 heteroatoms. The average molecular weight is 313 g/mol. The number of thiocarbonyl (C=S) groups is 1. The molecule has 0 bridgehead atoms. The third-order valence-corrected chi connectivity index (χ3v) is 4.59. The summed E-state index contributed by atoms with van der Waals surface area (Å²) in [5.41, 5.74) is 5.33. The highest BCUT2D eigenvalue weighted by Gasteiger charge is 2.19. The number of benzene rings is 1. The molecule has 4 nitrogen and oxygen atoms in total. The molecule has 1 aromatic rings. The number of nitrogens with two attached hydrogens (primary N) is 1. The number of nitrogens with one attached hydrogen (secondary N) is 1. The van der Waals surface area contributed by atoms with Gasteiger partial charge >= 0.3 is 0 Å². The lowest BCUT2D eigenvalue weighted by molar-refractivity contribution is 0.579. The van der Waals surface area contributed by atoms with E-state index in [1.807, 2.05) is 0 Å². The fourth-order valence-corrected chi connectivity index (χ4v) is 2.75. The van der Waals surface area contributed by atoms with Crippen molar-refractivity contribution in [3.63, 3.8) is 0 Å². The highest BCUT2D eigenvalue weighted by molar-refractivity contribution is 7.89. The van der Waals surface area contributed by atoms with Crippen molar-refractivity contribution in [3.8, 4) is 0 Å². The van der Waals surface area contributed by atoms with Gasteiger partial charge in [0.25, 0.3) is 0 Å². The largest absolute Gasteiger partial charge is 0.392 e. The molecular weight excluding hydrogens is 303 g/mol. The highest BCUT2D eigenvalue weighted by atomic mass is 35.5. The van der Waals surface area contributed by atoms with E-state index in [4.69, 9.17) is 28.9 Å². The molecule has 0 aliphatic rings. The van der Waals surface area contributed by atoms with Crippen LogP contribution in [0.15, 0.2) is 23.1 Å². The number of halogens is 2. The molecule has 3 N–H and O–H groups in total. The van der Waals surface area contributed by atoms with Crippen LogP contribution in [0.5, 0.6) is 0 Å². The van der Waals surface area contributed by atoms with Gasteiger partial charge in [0.2, 0.25) is 10.0 Å². The van der Waals surface area contributed by atoms with Crippen LogP contribution in [0.4, 0.5) is 0 Å². The molecule has 1 rings (SSSR count). The highest BCUT2D eigenvalue weighted by Crippen LogP contribution is 2.24. The lowest BCUT2D eigenvalue weighted by atomic mass is 10.4. The van der Waals surface area contributed by atoms with Gasteiger partial charge in [-0.05, 0) is 25.1 Å². The zero-order valence-electron chi connectivity index (χ0n) is 8.78. The zero-order chi connectivity index (χ0) is 13.2. The van der Waals surface area contributed by atoms with E-state index in [1.165, 1.54) is 18.2 Å². The molecule has 0 amide bonds. The monoisotopic (exact) mass is 312 g/mol. The topological polar surface area (TPSA) is 72.2 Å². The normalized spacial score (nSPS) is 13.4. The Labute approximate surface area is 115 Å². The van der Waals surface area contributed by atoms with Gasteiger partial charge in [-0.2, -0.15) is 0 Å². The van der Waals surface area contributed by atoms with E-state index >= 15 is 0 Å². The Morgan fingerprint density at radius 2 is 2.00 bits per heavy atom. The summed E-state index contributed by atoms with van der Waals surface area (Å²) < 4.78 is 26.1. The molecule has 0 radical (unpaired) electrons. The van der Waals surface area contributed by atoms with Gasteiger partial charge in [-0.15, -0.1) is 0 Å². The van der Waals surface area contributed by atoms with Crippen molar-refractivity contribution in [2.24, 2.45) is 5.73 Å². The molecule has 1 unspecified atom stereocenters. The SMILES string of the molecule is CC(NS(=O)(=O)c1ccc(Cl)c(Cl)c1)C(N)=S.